The van der Waals surface area contributed by atoms with Gasteiger partial charge in [0, 0.05) is 6.92 Å². The lowest BCUT2D eigenvalue weighted by Gasteiger charge is -2.31. The molecule has 2 heterocycles. The number of nitrogens with zero attached hydrogens (tertiary/aromatic N) is 3. The molecule has 0 amide bonds. The number of rotatable bonds is 3. The van der Waals surface area contributed by atoms with Crippen LogP contribution in [0.5, 0.6) is 0 Å². The van der Waals surface area contributed by atoms with E-state index in [9.17, 15) is 0 Å². The third kappa shape index (κ3) is 3.01. The molecule has 1 aromatic carbocycles. The van der Waals surface area contributed by atoms with Crippen LogP contribution in [-0.4, -0.2) is 28.2 Å². The van der Waals surface area contributed by atoms with E-state index in [-0.39, 0.29) is 0 Å². The molecule has 100 valence electrons. The fourth-order valence-electron chi connectivity index (χ4n) is 2.74. The minimum atomic E-state index is 0.647. The number of piperidine rings is 1. The van der Waals surface area contributed by atoms with Crippen molar-refractivity contribution in [2.45, 2.75) is 32.2 Å². The van der Waals surface area contributed by atoms with E-state index in [0.29, 0.717) is 11.8 Å². The highest BCUT2D eigenvalue weighted by Gasteiger charge is 2.21. The lowest BCUT2D eigenvalue weighted by atomic mass is 9.89. The monoisotopic (exact) mass is 257 g/mol. The van der Waals surface area contributed by atoms with Crippen LogP contribution in [0.3, 0.4) is 0 Å². The second kappa shape index (κ2) is 5.53. The summed E-state index contributed by atoms with van der Waals surface area (Å²) in [7, 11) is 0. The zero-order valence-electron chi connectivity index (χ0n) is 11.2. The molecule has 0 saturated carbocycles. The molecule has 0 radical (unpaired) electrons. The molecular formula is C15H19N3O. The summed E-state index contributed by atoms with van der Waals surface area (Å²) in [6.45, 7) is 4.81. The molecule has 0 spiro atoms. The maximum atomic E-state index is 5.43. The molecule has 1 fully saturated rings. The third-order valence-corrected chi connectivity index (χ3v) is 3.79. The highest BCUT2D eigenvalue weighted by Crippen LogP contribution is 2.28. The van der Waals surface area contributed by atoms with Crippen molar-refractivity contribution in [1.82, 2.24) is 15.1 Å². The SMILES string of the molecule is Cc1nnc(CN2CCC(c3ccccc3)CC2)o1. The van der Waals surface area contributed by atoms with Crippen LogP contribution in [-0.2, 0) is 6.54 Å². The zero-order chi connectivity index (χ0) is 13.1. The van der Waals surface area contributed by atoms with E-state index in [0.717, 1.165) is 25.5 Å². The van der Waals surface area contributed by atoms with E-state index < -0.39 is 0 Å². The van der Waals surface area contributed by atoms with Crippen LogP contribution in [0.2, 0.25) is 0 Å². The molecule has 0 N–H and O–H groups in total. The van der Waals surface area contributed by atoms with E-state index in [1.807, 2.05) is 6.92 Å². The average Bonchev–Trinajstić information content (AvgIpc) is 2.86. The van der Waals surface area contributed by atoms with Crippen LogP contribution in [0.15, 0.2) is 34.7 Å². The minimum Gasteiger partial charge on any atom is -0.424 e. The molecule has 2 aromatic rings. The van der Waals surface area contributed by atoms with Gasteiger partial charge in [0.25, 0.3) is 0 Å². The Hall–Kier alpha value is -1.68. The van der Waals surface area contributed by atoms with Crippen LogP contribution in [0.4, 0.5) is 0 Å². The standard InChI is InChI=1S/C15H19N3O/c1-12-16-17-15(19-12)11-18-9-7-14(8-10-18)13-5-3-2-4-6-13/h2-6,14H,7-11H2,1H3. The Morgan fingerprint density at radius 3 is 2.53 bits per heavy atom. The molecule has 0 atom stereocenters. The first-order valence-corrected chi connectivity index (χ1v) is 6.87. The van der Waals surface area contributed by atoms with Gasteiger partial charge >= 0.3 is 0 Å². The second-order valence-corrected chi connectivity index (χ2v) is 5.18. The molecule has 4 nitrogen and oxygen atoms in total. The normalized spacial score (nSPS) is 17.7. The van der Waals surface area contributed by atoms with Crippen LogP contribution >= 0.6 is 0 Å². The summed E-state index contributed by atoms with van der Waals surface area (Å²) in [6, 6.07) is 10.8. The van der Waals surface area contributed by atoms with Gasteiger partial charge in [0.2, 0.25) is 11.8 Å². The summed E-state index contributed by atoms with van der Waals surface area (Å²) in [5.74, 6) is 2.08. The molecule has 1 aliphatic heterocycles. The first kappa shape index (κ1) is 12.4. The van der Waals surface area contributed by atoms with Gasteiger partial charge in [-0.05, 0) is 37.4 Å². The van der Waals surface area contributed by atoms with Gasteiger partial charge in [-0.25, -0.2) is 0 Å². The Morgan fingerprint density at radius 2 is 1.89 bits per heavy atom. The van der Waals surface area contributed by atoms with Crippen molar-refractivity contribution in [3.05, 3.63) is 47.7 Å². The highest BCUT2D eigenvalue weighted by molar-refractivity contribution is 5.20. The van der Waals surface area contributed by atoms with E-state index in [4.69, 9.17) is 4.42 Å². The van der Waals surface area contributed by atoms with Crippen LogP contribution in [0.1, 0.15) is 36.1 Å². The number of likely N-dealkylation sites (tertiary alicyclic amines) is 1. The van der Waals surface area contributed by atoms with Gasteiger partial charge in [0.1, 0.15) is 0 Å². The van der Waals surface area contributed by atoms with E-state index in [2.05, 4.69) is 45.4 Å². The highest BCUT2D eigenvalue weighted by atomic mass is 16.4. The fourth-order valence-corrected chi connectivity index (χ4v) is 2.74. The van der Waals surface area contributed by atoms with Crippen molar-refractivity contribution in [2.75, 3.05) is 13.1 Å². The molecule has 4 heteroatoms. The van der Waals surface area contributed by atoms with E-state index in [1.54, 1.807) is 0 Å². The Bertz CT molecular complexity index is 515. The maximum Gasteiger partial charge on any atom is 0.230 e. The van der Waals surface area contributed by atoms with Crippen molar-refractivity contribution < 1.29 is 4.42 Å². The van der Waals surface area contributed by atoms with Gasteiger partial charge in [-0.2, -0.15) is 0 Å². The Morgan fingerprint density at radius 1 is 1.16 bits per heavy atom. The summed E-state index contributed by atoms with van der Waals surface area (Å²) >= 11 is 0. The summed E-state index contributed by atoms with van der Waals surface area (Å²) in [5.41, 5.74) is 1.47. The van der Waals surface area contributed by atoms with Crippen molar-refractivity contribution in [3.63, 3.8) is 0 Å². The molecular weight excluding hydrogens is 238 g/mol. The van der Waals surface area contributed by atoms with Gasteiger partial charge in [-0.15, -0.1) is 10.2 Å². The van der Waals surface area contributed by atoms with Crippen molar-refractivity contribution >= 4 is 0 Å². The molecule has 0 bridgehead atoms. The molecule has 1 aromatic heterocycles. The Balaban J connectivity index is 1.55. The molecule has 19 heavy (non-hydrogen) atoms. The van der Waals surface area contributed by atoms with Gasteiger partial charge in [-0.1, -0.05) is 30.3 Å². The van der Waals surface area contributed by atoms with Crippen LogP contribution < -0.4 is 0 Å². The summed E-state index contributed by atoms with van der Waals surface area (Å²) in [4.78, 5) is 2.40. The van der Waals surface area contributed by atoms with E-state index in [1.165, 1.54) is 18.4 Å². The molecule has 1 saturated heterocycles. The Kier molecular flexibility index (Phi) is 3.60. The quantitative estimate of drug-likeness (QED) is 0.848. The Labute approximate surface area is 113 Å². The smallest absolute Gasteiger partial charge is 0.230 e. The van der Waals surface area contributed by atoms with Crippen molar-refractivity contribution in [2.24, 2.45) is 0 Å². The first-order valence-electron chi connectivity index (χ1n) is 6.87. The number of aryl methyl sites for hydroxylation is 1. The van der Waals surface area contributed by atoms with Crippen molar-refractivity contribution in [1.29, 1.82) is 0 Å². The fraction of sp³-hybridized carbons (Fsp3) is 0.467. The lowest BCUT2D eigenvalue weighted by molar-refractivity contribution is 0.187. The largest absolute Gasteiger partial charge is 0.424 e. The van der Waals surface area contributed by atoms with Crippen LogP contribution in [0, 0.1) is 6.92 Å². The summed E-state index contributed by atoms with van der Waals surface area (Å²) in [6.07, 6.45) is 2.41. The molecule has 0 aliphatic carbocycles. The molecule has 0 unspecified atom stereocenters. The lowest BCUT2D eigenvalue weighted by Crippen LogP contribution is -2.32. The van der Waals surface area contributed by atoms with Crippen molar-refractivity contribution in [3.8, 4) is 0 Å². The number of aromatic nitrogens is 2. The number of hydrogen-bond acceptors (Lipinski definition) is 4. The minimum absolute atomic E-state index is 0.647. The number of benzene rings is 1. The van der Waals surface area contributed by atoms with Gasteiger partial charge in [0.05, 0.1) is 6.54 Å². The van der Waals surface area contributed by atoms with Gasteiger partial charge in [-0.3, -0.25) is 4.90 Å². The topological polar surface area (TPSA) is 42.2 Å². The first-order chi connectivity index (χ1) is 9.31. The summed E-state index contributed by atoms with van der Waals surface area (Å²) in [5, 5.41) is 7.93. The van der Waals surface area contributed by atoms with Gasteiger partial charge in [0.15, 0.2) is 0 Å². The van der Waals surface area contributed by atoms with Crippen LogP contribution in [0.25, 0.3) is 0 Å². The van der Waals surface area contributed by atoms with E-state index >= 15 is 0 Å². The average molecular weight is 257 g/mol. The molecule has 3 rings (SSSR count). The summed E-state index contributed by atoms with van der Waals surface area (Å²) < 4.78 is 5.43. The maximum absolute atomic E-state index is 5.43. The molecule has 1 aliphatic rings. The van der Waals surface area contributed by atoms with Gasteiger partial charge < -0.3 is 4.42 Å². The predicted octanol–water partition coefficient (Wildman–Crippen LogP) is 2.76. The predicted molar refractivity (Wildman–Crippen MR) is 72.7 cm³/mol. The zero-order valence-corrected chi connectivity index (χ0v) is 11.2. The third-order valence-electron chi connectivity index (χ3n) is 3.79. The second-order valence-electron chi connectivity index (χ2n) is 5.18. The number of hydrogen-bond donors (Lipinski definition) is 0.